The maximum absolute atomic E-state index is 16.5. The van der Waals surface area contributed by atoms with Crippen LogP contribution in [0.15, 0.2) is 72.1 Å². The number of aryl methyl sites for hydroxylation is 1. The monoisotopic (exact) mass is 657 g/mol. The zero-order valence-corrected chi connectivity index (χ0v) is 26.8. The number of rotatable bonds is 8. The largest absolute Gasteiger partial charge is 0.466 e. The van der Waals surface area contributed by atoms with Gasteiger partial charge in [-0.2, -0.15) is 0 Å². The molecule has 3 saturated carbocycles. The van der Waals surface area contributed by atoms with Gasteiger partial charge >= 0.3 is 5.97 Å². The van der Waals surface area contributed by atoms with Crippen molar-refractivity contribution in [3.63, 3.8) is 0 Å². The number of pyridine rings is 2. The summed E-state index contributed by atoms with van der Waals surface area (Å²) < 4.78 is 65.4. The number of halogens is 2. The van der Waals surface area contributed by atoms with Crippen molar-refractivity contribution in [3.05, 3.63) is 90.1 Å². The third-order valence-corrected chi connectivity index (χ3v) is 11.3. The fourth-order valence-electron chi connectivity index (χ4n) is 7.39. The van der Waals surface area contributed by atoms with Crippen molar-refractivity contribution in [3.8, 4) is 22.6 Å². The Morgan fingerprint density at radius 2 is 1.70 bits per heavy atom. The number of carbonyl (C=O) groups is 1. The highest BCUT2D eigenvalue weighted by atomic mass is 32.2. The van der Waals surface area contributed by atoms with Gasteiger partial charge in [-0.15, -0.1) is 0 Å². The molecular weight excluding hydrogens is 624 g/mol. The zero-order valence-electron chi connectivity index (χ0n) is 25.9. The molecule has 1 aromatic carbocycles. The van der Waals surface area contributed by atoms with E-state index in [2.05, 4.69) is 15.0 Å². The molecule has 5 aromatic rings. The number of benzene rings is 1. The third-order valence-electron chi connectivity index (χ3n) is 9.65. The number of fused-ring (bicyclic) bond motifs is 4. The second kappa shape index (κ2) is 12.2. The second-order valence-corrected chi connectivity index (χ2v) is 14.2. The van der Waals surface area contributed by atoms with E-state index in [9.17, 15) is 17.6 Å². The lowest BCUT2D eigenvalue weighted by molar-refractivity contribution is -0.158. The van der Waals surface area contributed by atoms with E-state index in [4.69, 9.17) is 9.72 Å². The highest BCUT2D eigenvalue weighted by molar-refractivity contribution is 7.90. The summed E-state index contributed by atoms with van der Waals surface area (Å²) in [5.41, 5.74) is 1.57. The predicted molar refractivity (Wildman–Crippen MR) is 170 cm³/mol. The Hall–Kier alpha value is -4.58. The lowest BCUT2D eigenvalue weighted by atomic mass is 9.57. The van der Waals surface area contributed by atoms with Crippen molar-refractivity contribution in [2.45, 2.75) is 50.8 Å². The summed E-state index contributed by atoms with van der Waals surface area (Å²) >= 11 is 0. The van der Waals surface area contributed by atoms with Crippen molar-refractivity contribution in [1.29, 1.82) is 0 Å². The lowest BCUT2D eigenvalue weighted by Gasteiger charge is -2.47. The van der Waals surface area contributed by atoms with Gasteiger partial charge < -0.3 is 4.74 Å². The molecule has 0 saturated heterocycles. The molecule has 0 unspecified atom stereocenters. The van der Waals surface area contributed by atoms with E-state index in [1.165, 1.54) is 36.8 Å². The van der Waals surface area contributed by atoms with Crippen molar-refractivity contribution in [2.75, 3.05) is 6.61 Å². The van der Waals surface area contributed by atoms with Gasteiger partial charge in [0.15, 0.2) is 17.3 Å². The average molecular weight is 658 g/mol. The van der Waals surface area contributed by atoms with Crippen molar-refractivity contribution in [1.82, 2.24) is 23.9 Å². The molecule has 0 spiro atoms. The highest BCUT2D eigenvalue weighted by Crippen LogP contribution is 2.50. The molecule has 0 amide bonds. The number of aromatic nitrogens is 5. The van der Waals surface area contributed by atoms with Crippen LogP contribution in [0.1, 0.15) is 43.9 Å². The Kier molecular flexibility index (Phi) is 8.07. The normalized spacial score (nSPS) is 20.9. The van der Waals surface area contributed by atoms with Gasteiger partial charge in [-0.25, -0.2) is 36.1 Å². The fraction of sp³-hybridized carbons (Fsp3) is 0.343. The fourth-order valence-corrected chi connectivity index (χ4v) is 8.71. The van der Waals surface area contributed by atoms with Crippen LogP contribution in [0.25, 0.3) is 33.7 Å². The zero-order chi connectivity index (χ0) is 32.9. The number of hydrogen-bond donors (Lipinski definition) is 0. The van der Waals surface area contributed by atoms with Crippen molar-refractivity contribution >= 4 is 27.0 Å². The Labute approximate surface area is 271 Å². The maximum atomic E-state index is 16.5. The molecule has 3 fully saturated rings. The van der Waals surface area contributed by atoms with Crippen LogP contribution >= 0.6 is 0 Å². The topological polar surface area (TPSA) is 117 Å². The molecule has 4 aromatic heterocycles. The first kappa shape index (κ1) is 31.0. The molecule has 2 atom stereocenters. The second-order valence-electron chi connectivity index (χ2n) is 12.4. The molecule has 3 aliphatic carbocycles. The van der Waals surface area contributed by atoms with Crippen molar-refractivity contribution < 1.29 is 26.7 Å². The van der Waals surface area contributed by atoms with Crippen LogP contribution < -0.4 is 0 Å². The molecular formula is C35H33F2N5O4S. The van der Waals surface area contributed by atoms with Gasteiger partial charge in [0.25, 0.3) is 10.0 Å². The van der Waals surface area contributed by atoms with Gasteiger partial charge in [-0.05, 0) is 94.0 Å². The SMILES string of the molecule is CCOC(=O)[C@H]1C2CCC(CC2)[C@@H]1Cc1nc(-c2cn(S(=O)(=O)c3ccc(C)cc3)c3ncc(F)cc23)nc(-c2ccncc2)c1F. The summed E-state index contributed by atoms with van der Waals surface area (Å²) in [6, 6.07) is 10.8. The molecule has 4 heterocycles. The van der Waals surface area contributed by atoms with Gasteiger partial charge in [-0.3, -0.25) is 9.78 Å². The summed E-state index contributed by atoms with van der Waals surface area (Å²) in [6.45, 7) is 3.89. The molecule has 12 heteroatoms. The molecule has 0 radical (unpaired) electrons. The van der Waals surface area contributed by atoms with Crippen molar-refractivity contribution in [2.24, 2.45) is 23.7 Å². The van der Waals surface area contributed by atoms with E-state index in [0.717, 1.165) is 41.4 Å². The van der Waals surface area contributed by atoms with Gasteiger partial charge in [0.05, 0.1) is 29.3 Å². The smallest absolute Gasteiger partial charge is 0.309 e. The van der Waals surface area contributed by atoms with Crippen LogP contribution in [0.2, 0.25) is 0 Å². The van der Waals surface area contributed by atoms with Crippen LogP contribution in [0.4, 0.5) is 8.78 Å². The average Bonchev–Trinajstić information content (AvgIpc) is 3.46. The predicted octanol–water partition coefficient (Wildman–Crippen LogP) is 6.54. The van der Waals surface area contributed by atoms with E-state index < -0.39 is 21.7 Å². The molecule has 47 heavy (non-hydrogen) atoms. The first-order chi connectivity index (χ1) is 22.7. The summed E-state index contributed by atoms with van der Waals surface area (Å²) in [4.78, 5) is 30.7. The maximum Gasteiger partial charge on any atom is 0.309 e. The molecule has 3 aliphatic rings. The number of hydrogen-bond acceptors (Lipinski definition) is 8. The van der Waals surface area contributed by atoms with E-state index in [-0.39, 0.29) is 81.4 Å². The lowest BCUT2D eigenvalue weighted by Crippen LogP contribution is -2.45. The summed E-state index contributed by atoms with van der Waals surface area (Å²) in [7, 11) is -4.17. The summed E-state index contributed by atoms with van der Waals surface area (Å²) in [5, 5.41) is 0.153. The first-order valence-corrected chi connectivity index (χ1v) is 17.2. The Balaban J connectivity index is 1.41. The standard InChI is InChI=1S/C35H33F2N5O4S/c1-3-46-35(43)30-22-8-6-21(7-9-22)26(30)17-29-31(37)32(23-12-14-38-15-13-23)41-33(40-29)28-19-42(34-27(28)16-24(36)18-39-34)47(44,45)25-10-4-20(2)5-11-25/h4-5,10-16,18-19,21-22,26,30H,3,6-9,17H2,1-2H3/t21?,22?,26-,30-/m0/s1. The Bertz CT molecular complexity index is 2080. The summed E-state index contributed by atoms with van der Waals surface area (Å²) in [6.07, 6.45) is 9.20. The Morgan fingerprint density at radius 1 is 1.00 bits per heavy atom. The number of esters is 1. The van der Waals surface area contributed by atoms with Gasteiger partial charge in [-0.1, -0.05) is 17.7 Å². The third kappa shape index (κ3) is 5.58. The van der Waals surface area contributed by atoms with Gasteiger partial charge in [0, 0.05) is 35.1 Å². The number of ether oxygens (including phenoxy) is 1. The molecule has 2 bridgehead atoms. The van der Waals surface area contributed by atoms with Gasteiger partial charge in [0.1, 0.15) is 11.5 Å². The minimum absolute atomic E-state index is 0.00675. The molecule has 0 N–H and O–H groups in total. The van der Waals surface area contributed by atoms with Crippen LogP contribution in [0.5, 0.6) is 0 Å². The van der Waals surface area contributed by atoms with E-state index in [1.807, 2.05) is 6.92 Å². The minimum Gasteiger partial charge on any atom is -0.466 e. The molecule has 9 nitrogen and oxygen atoms in total. The first-order valence-electron chi connectivity index (χ1n) is 15.8. The molecule has 8 rings (SSSR count). The van der Waals surface area contributed by atoms with Crippen LogP contribution in [0, 0.1) is 42.2 Å². The molecule has 242 valence electrons. The summed E-state index contributed by atoms with van der Waals surface area (Å²) in [5.74, 6) is -1.76. The minimum atomic E-state index is -4.17. The van der Waals surface area contributed by atoms with E-state index in [0.29, 0.717) is 5.56 Å². The quantitative estimate of drug-likeness (QED) is 0.173. The highest BCUT2D eigenvalue weighted by Gasteiger charge is 2.48. The Morgan fingerprint density at radius 3 is 2.40 bits per heavy atom. The molecule has 0 aliphatic heterocycles. The van der Waals surface area contributed by atoms with Crippen LogP contribution in [-0.2, 0) is 26.0 Å². The number of carbonyl (C=O) groups excluding carboxylic acids is 1. The van der Waals surface area contributed by atoms with Crippen LogP contribution in [-0.4, -0.2) is 44.9 Å². The number of nitrogens with zero attached hydrogens (tertiary/aromatic N) is 5. The van der Waals surface area contributed by atoms with E-state index in [1.54, 1.807) is 31.2 Å². The van der Waals surface area contributed by atoms with E-state index >= 15 is 4.39 Å². The van der Waals surface area contributed by atoms with Gasteiger partial charge in [0.2, 0.25) is 0 Å². The van der Waals surface area contributed by atoms with Crippen LogP contribution in [0.3, 0.4) is 0 Å².